The quantitative estimate of drug-likeness (QED) is 0.131. The summed E-state index contributed by atoms with van der Waals surface area (Å²) in [7, 11) is 0. The molecule has 0 radical (unpaired) electrons. The minimum Gasteiger partial charge on any atom is -0.309 e. The molecule has 0 spiro atoms. The average Bonchev–Trinajstić information content (AvgIpc) is 3.60. The first-order chi connectivity index (χ1) is 28.3. The van der Waals surface area contributed by atoms with E-state index in [9.17, 15) is 0 Å². The number of para-hydroxylation sites is 2. The van der Waals surface area contributed by atoms with Gasteiger partial charge in [0.25, 0.3) is 0 Å². The van der Waals surface area contributed by atoms with Crippen LogP contribution in [0.4, 0.5) is 0 Å². The molecule has 2 heteroatoms. The lowest BCUT2D eigenvalue weighted by Crippen LogP contribution is -1.95. The summed E-state index contributed by atoms with van der Waals surface area (Å²) in [5.41, 5.74) is 11.6. The molecular formula is C55H34N2. The van der Waals surface area contributed by atoms with E-state index >= 15 is 0 Å². The Bertz CT molecular complexity index is 3500. The van der Waals surface area contributed by atoms with Crippen molar-refractivity contribution >= 4 is 75.8 Å². The van der Waals surface area contributed by atoms with Gasteiger partial charge in [-0.15, -0.1) is 0 Å². The zero-order chi connectivity index (χ0) is 37.5. The molecule has 12 rings (SSSR count). The molecule has 0 saturated carbocycles. The van der Waals surface area contributed by atoms with Gasteiger partial charge in [0.1, 0.15) is 0 Å². The van der Waals surface area contributed by atoms with E-state index in [0.29, 0.717) is 0 Å². The van der Waals surface area contributed by atoms with Gasteiger partial charge in [0.2, 0.25) is 0 Å². The van der Waals surface area contributed by atoms with E-state index in [1.54, 1.807) is 0 Å². The second-order valence-corrected chi connectivity index (χ2v) is 15.1. The number of hydrogen-bond acceptors (Lipinski definition) is 1. The standard InChI is InChI=1S/C55H34N2/c1-2-15-37(16-3-1)55-49-34-52-48(33-47(49)41-18-10-12-24-50(41)56-55)42-19-11-13-25-51(42)57(52)40-30-28-36(29-31-40)53-43-20-6-8-22-45(43)54(46-23-9-7-21-44(46)53)39-27-26-35-14-4-5-17-38(35)32-39/h1-34H. The maximum Gasteiger partial charge on any atom is 0.0788 e. The Labute approximate surface area is 329 Å². The maximum absolute atomic E-state index is 5.26. The highest BCUT2D eigenvalue weighted by Gasteiger charge is 2.20. The summed E-state index contributed by atoms with van der Waals surface area (Å²) >= 11 is 0. The van der Waals surface area contributed by atoms with Gasteiger partial charge in [-0.3, -0.25) is 0 Å². The van der Waals surface area contributed by atoms with Crippen molar-refractivity contribution in [2.24, 2.45) is 0 Å². The van der Waals surface area contributed by atoms with Crippen LogP contribution in [-0.2, 0) is 0 Å². The molecule has 0 fully saturated rings. The van der Waals surface area contributed by atoms with Gasteiger partial charge in [-0.05, 0) is 102 Å². The fourth-order valence-corrected chi connectivity index (χ4v) is 9.38. The first kappa shape index (κ1) is 31.8. The molecule has 0 aliphatic rings. The fourth-order valence-electron chi connectivity index (χ4n) is 9.38. The summed E-state index contributed by atoms with van der Waals surface area (Å²) in [6, 6.07) is 75.2. The van der Waals surface area contributed by atoms with Crippen molar-refractivity contribution in [3.63, 3.8) is 0 Å². The zero-order valence-electron chi connectivity index (χ0n) is 31.0. The zero-order valence-corrected chi connectivity index (χ0v) is 31.0. The number of rotatable bonds is 4. The van der Waals surface area contributed by atoms with Crippen molar-refractivity contribution in [1.82, 2.24) is 9.55 Å². The van der Waals surface area contributed by atoms with Gasteiger partial charge in [0.15, 0.2) is 0 Å². The number of nitrogens with zero attached hydrogens (tertiary/aromatic N) is 2. The van der Waals surface area contributed by atoms with Crippen LogP contribution in [0, 0.1) is 0 Å². The van der Waals surface area contributed by atoms with E-state index in [0.717, 1.165) is 27.8 Å². The molecule has 0 saturated heterocycles. The Morgan fingerprint density at radius 2 is 0.860 bits per heavy atom. The monoisotopic (exact) mass is 722 g/mol. The summed E-state index contributed by atoms with van der Waals surface area (Å²) in [5, 5.41) is 13.5. The van der Waals surface area contributed by atoms with E-state index in [-0.39, 0.29) is 0 Å². The molecule has 0 N–H and O–H groups in total. The Morgan fingerprint density at radius 1 is 0.298 bits per heavy atom. The van der Waals surface area contributed by atoms with Gasteiger partial charge in [-0.2, -0.15) is 0 Å². The van der Waals surface area contributed by atoms with Crippen LogP contribution in [0.1, 0.15) is 0 Å². The Hall–Kier alpha value is -7.55. The molecule has 0 atom stereocenters. The molecule has 0 unspecified atom stereocenters. The number of fused-ring (bicyclic) bond motifs is 9. The first-order valence-corrected chi connectivity index (χ1v) is 19.6. The summed E-state index contributed by atoms with van der Waals surface area (Å²) in [5.74, 6) is 0. The number of hydrogen-bond donors (Lipinski definition) is 0. The molecule has 0 aliphatic heterocycles. The van der Waals surface area contributed by atoms with Gasteiger partial charge >= 0.3 is 0 Å². The predicted molar refractivity (Wildman–Crippen MR) is 242 cm³/mol. The normalized spacial score (nSPS) is 11.9. The largest absolute Gasteiger partial charge is 0.309 e. The molecular weight excluding hydrogens is 689 g/mol. The molecule has 12 aromatic rings. The highest BCUT2D eigenvalue weighted by molar-refractivity contribution is 6.22. The SMILES string of the molecule is c1ccc(-c2nc3ccccc3c3cc4c5ccccc5n(-c5ccc(-c6c7ccccc7c(-c7ccc8ccccc8c7)c7ccccc67)cc5)c4cc23)cc1. The van der Waals surface area contributed by atoms with Crippen molar-refractivity contribution < 1.29 is 0 Å². The van der Waals surface area contributed by atoms with Gasteiger partial charge in [0.05, 0.1) is 22.2 Å². The molecule has 57 heavy (non-hydrogen) atoms. The molecule has 2 nitrogen and oxygen atoms in total. The predicted octanol–water partition coefficient (Wildman–Crippen LogP) is 14.9. The number of pyridine rings is 1. The van der Waals surface area contributed by atoms with Crippen molar-refractivity contribution in [2.75, 3.05) is 0 Å². The van der Waals surface area contributed by atoms with E-state index in [4.69, 9.17) is 4.98 Å². The third-order valence-electron chi connectivity index (χ3n) is 11.9. The third-order valence-corrected chi connectivity index (χ3v) is 11.9. The van der Waals surface area contributed by atoms with Crippen molar-refractivity contribution in [1.29, 1.82) is 0 Å². The van der Waals surface area contributed by atoms with Crippen molar-refractivity contribution in [3.05, 3.63) is 206 Å². The van der Waals surface area contributed by atoms with Crippen molar-refractivity contribution in [3.8, 4) is 39.2 Å². The lowest BCUT2D eigenvalue weighted by Gasteiger charge is -2.18. The van der Waals surface area contributed by atoms with E-state index in [2.05, 4.69) is 211 Å². The van der Waals surface area contributed by atoms with Crippen LogP contribution >= 0.6 is 0 Å². The number of benzene rings is 10. The van der Waals surface area contributed by atoms with E-state index in [1.165, 1.54) is 87.1 Å². The van der Waals surface area contributed by atoms with Crippen LogP contribution in [0.5, 0.6) is 0 Å². The molecule has 0 aliphatic carbocycles. The van der Waals surface area contributed by atoms with Crippen LogP contribution in [0.3, 0.4) is 0 Å². The molecule has 10 aromatic carbocycles. The van der Waals surface area contributed by atoms with Crippen LogP contribution < -0.4 is 0 Å². The number of aromatic nitrogens is 2. The Morgan fingerprint density at radius 3 is 1.58 bits per heavy atom. The summed E-state index contributed by atoms with van der Waals surface area (Å²) < 4.78 is 2.43. The molecule has 2 heterocycles. The van der Waals surface area contributed by atoms with Crippen LogP contribution in [0.2, 0.25) is 0 Å². The van der Waals surface area contributed by atoms with E-state index in [1.807, 2.05) is 0 Å². The summed E-state index contributed by atoms with van der Waals surface area (Å²) in [4.78, 5) is 5.26. The van der Waals surface area contributed by atoms with Crippen LogP contribution in [0.25, 0.3) is 115 Å². The molecule has 2 aromatic heterocycles. The Kier molecular flexibility index (Phi) is 6.96. The van der Waals surface area contributed by atoms with Gasteiger partial charge in [-0.1, -0.05) is 164 Å². The van der Waals surface area contributed by atoms with Crippen molar-refractivity contribution in [2.45, 2.75) is 0 Å². The molecule has 0 bridgehead atoms. The van der Waals surface area contributed by atoms with Crippen LogP contribution in [0.15, 0.2) is 206 Å². The van der Waals surface area contributed by atoms with E-state index < -0.39 is 0 Å². The second kappa shape index (κ2) is 12.5. The van der Waals surface area contributed by atoms with Crippen LogP contribution in [-0.4, -0.2) is 9.55 Å². The summed E-state index contributed by atoms with van der Waals surface area (Å²) in [6.07, 6.45) is 0. The fraction of sp³-hybridized carbons (Fsp3) is 0. The average molecular weight is 723 g/mol. The third kappa shape index (κ3) is 4.87. The lowest BCUT2D eigenvalue weighted by atomic mass is 9.85. The first-order valence-electron chi connectivity index (χ1n) is 19.6. The molecule has 0 amide bonds. The smallest absolute Gasteiger partial charge is 0.0788 e. The van der Waals surface area contributed by atoms with Gasteiger partial charge in [-0.25, -0.2) is 4.98 Å². The maximum atomic E-state index is 5.26. The highest BCUT2D eigenvalue weighted by Crippen LogP contribution is 2.45. The second-order valence-electron chi connectivity index (χ2n) is 15.1. The Balaban J connectivity index is 1.08. The lowest BCUT2D eigenvalue weighted by molar-refractivity contribution is 1.18. The molecule has 264 valence electrons. The highest BCUT2D eigenvalue weighted by atomic mass is 15.0. The topological polar surface area (TPSA) is 17.8 Å². The minimum atomic E-state index is 1.00. The van der Waals surface area contributed by atoms with Gasteiger partial charge < -0.3 is 4.57 Å². The minimum absolute atomic E-state index is 1.00. The summed E-state index contributed by atoms with van der Waals surface area (Å²) in [6.45, 7) is 0. The van der Waals surface area contributed by atoms with Gasteiger partial charge in [0, 0.05) is 32.8 Å².